The summed E-state index contributed by atoms with van der Waals surface area (Å²) in [5, 5.41) is 13.2. The van der Waals surface area contributed by atoms with Crippen molar-refractivity contribution in [3.05, 3.63) is 0 Å². The molecule has 0 aromatic carbocycles. The molecule has 3 aliphatic carbocycles. The molecule has 3 fully saturated rings. The molecule has 6 heteroatoms. The maximum Gasteiger partial charge on any atom is 0.246 e. The Hall–Kier alpha value is -1.43. The number of carbonyl (C=O) groups is 3. The Labute approximate surface area is 155 Å². The topological polar surface area (TPSA) is 109 Å². The zero-order valence-electron chi connectivity index (χ0n) is 15.8. The van der Waals surface area contributed by atoms with E-state index in [2.05, 4.69) is 12.2 Å². The van der Waals surface area contributed by atoms with Crippen molar-refractivity contribution in [2.45, 2.75) is 89.7 Å². The number of hydrogen-bond acceptors (Lipinski definition) is 4. The summed E-state index contributed by atoms with van der Waals surface area (Å²) >= 11 is 0. The molecule has 2 atom stereocenters. The molecule has 0 bridgehead atoms. The third-order valence-electron chi connectivity index (χ3n) is 6.89. The van der Waals surface area contributed by atoms with Crippen molar-refractivity contribution in [3.63, 3.8) is 0 Å². The largest absolute Gasteiger partial charge is 0.383 e. The summed E-state index contributed by atoms with van der Waals surface area (Å²) in [6.07, 6.45) is 7.88. The first-order valence-corrected chi connectivity index (χ1v) is 10.1. The van der Waals surface area contributed by atoms with Crippen LogP contribution in [0.4, 0.5) is 0 Å². The molecule has 0 heterocycles. The fourth-order valence-electron chi connectivity index (χ4n) is 4.76. The fourth-order valence-corrected chi connectivity index (χ4v) is 4.76. The lowest BCUT2D eigenvalue weighted by atomic mass is 9.61. The van der Waals surface area contributed by atoms with E-state index in [1.54, 1.807) is 0 Å². The van der Waals surface area contributed by atoms with Crippen LogP contribution in [0.1, 0.15) is 77.6 Å². The van der Waals surface area contributed by atoms with E-state index >= 15 is 0 Å². The van der Waals surface area contributed by atoms with E-state index in [0.717, 1.165) is 44.9 Å². The van der Waals surface area contributed by atoms with Gasteiger partial charge in [0.15, 0.2) is 5.78 Å². The van der Waals surface area contributed by atoms with Crippen LogP contribution >= 0.6 is 0 Å². The van der Waals surface area contributed by atoms with Crippen molar-refractivity contribution >= 4 is 17.6 Å². The molecule has 0 aromatic heterocycles. The standard InChI is InChI=1S/C20H32N2O4/c1-19(7-2-3-8-19)11-14(22-18(26)13-5-6-13)15(23)12-20(9-4-10-20)16(24)17(21)25/h13-14,16,24H,2-12H2,1H3,(H2,21,25)(H,22,26)/t14-,16?/m0/s1. The summed E-state index contributed by atoms with van der Waals surface area (Å²) in [6.45, 7) is 2.20. The number of Topliss-reactive ketones (excluding diaryl/α,β-unsaturated/α-hetero) is 1. The summed E-state index contributed by atoms with van der Waals surface area (Å²) in [5.74, 6) is -0.801. The quantitative estimate of drug-likeness (QED) is 0.580. The number of hydrogen-bond donors (Lipinski definition) is 3. The van der Waals surface area contributed by atoms with Gasteiger partial charge in [0.1, 0.15) is 6.10 Å². The highest BCUT2D eigenvalue weighted by atomic mass is 16.3. The normalized spacial score (nSPS) is 25.8. The van der Waals surface area contributed by atoms with Crippen molar-refractivity contribution in [1.82, 2.24) is 5.32 Å². The summed E-state index contributed by atoms with van der Waals surface area (Å²) in [4.78, 5) is 36.9. The van der Waals surface area contributed by atoms with Crippen LogP contribution in [0.2, 0.25) is 0 Å². The lowest BCUT2D eigenvalue weighted by Gasteiger charge is -2.44. The second kappa shape index (κ2) is 7.29. The van der Waals surface area contributed by atoms with Gasteiger partial charge >= 0.3 is 0 Å². The van der Waals surface area contributed by atoms with Crippen LogP contribution in [0.15, 0.2) is 0 Å². The van der Waals surface area contributed by atoms with E-state index in [4.69, 9.17) is 5.73 Å². The van der Waals surface area contributed by atoms with E-state index in [-0.39, 0.29) is 29.4 Å². The molecule has 0 aliphatic heterocycles. The molecule has 0 spiro atoms. The van der Waals surface area contributed by atoms with Gasteiger partial charge < -0.3 is 16.2 Å². The van der Waals surface area contributed by atoms with Gasteiger partial charge in [-0.15, -0.1) is 0 Å². The first kappa shape index (κ1) is 19.3. The van der Waals surface area contributed by atoms with Crippen LogP contribution in [-0.4, -0.2) is 34.8 Å². The van der Waals surface area contributed by atoms with Crippen molar-refractivity contribution in [1.29, 1.82) is 0 Å². The van der Waals surface area contributed by atoms with E-state index in [9.17, 15) is 19.5 Å². The molecule has 26 heavy (non-hydrogen) atoms. The number of rotatable bonds is 9. The van der Waals surface area contributed by atoms with Gasteiger partial charge in [0, 0.05) is 17.8 Å². The second-order valence-corrected chi connectivity index (χ2v) is 9.22. The van der Waals surface area contributed by atoms with E-state index in [1.807, 2.05) is 0 Å². The highest BCUT2D eigenvalue weighted by molar-refractivity contribution is 5.91. The van der Waals surface area contributed by atoms with Crippen LogP contribution in [0.3, 0.4) is 0 Å². The number of nitrogens with one attached hydrogen (secondary N) is 1. The predicted octanol–water partition coefficient (Wildman–Crippen LogP) is 1.83. The van der Waals surface area contributed by atoms with E-state index in [0.29, 0.717) is 19.3 Å². The van der Waals surface area contributed by atoms with Crippen molar-refractivity contribution in [3.8, 4) is 0 Å². The number of aliphatic hydroxyl groups excluding tert-OH is 1. The molecule has 146 valence electrons. The molecular weight excluding hydrogens is 332 g/mol. The molecule has 3 saturated carbocycles. The maximum atomic E-state index is 13.1. The summed E-state index contributed by atoms with van der Waals surface area (Å²) in [5.41, 5.74) is 4.64. The Kier molecular flexibility index (Phi) is 5.42. The smallest absolute Gasteiger partial charge is 0.246 e. The Bertz CT molecular complexity index is 574. The molecule has 4 N–H and O–H groups in total. The third kappa shape index (κ3) is 4.11. The third-order valence-corrected chi connectivity index (χ3v) is 6.89. The molecule has 1 unspecified atom stereocenters. The predicted molar refractivity (Wildman–Crippen MR) is 97.0 cm³/mol. The Morgan fingerprint density at radius 1 is 1.12 bits per heavy atom. The number of aliphatic hydroxyl groups is 1. The van der Waals surface area contributed by atoms with Gasteiger partial charge in [-0.05, 0) is 50.4 Å². The number of nitrogens with two attached hydrogens (primary N) is 1. The SMILES string of the molecule is CC1(C[C@H](NC(=O)C2CC2)C(=O)CC2(C(O)C(N)=O)CCC2)CCCC1. The van der Waals surface area contributed by atoms with Gasteiger partial charge in [-0.3, -0.25) is 14.4 Å². The highest BCUT2D eigenvalue weighted by Gasteiger charge is 2.49. The fraction of sp³-hybridized carbons (Fsp3) is 0.850. The highest BCUT2D eigenvalue weighted by Crippen LogP contribution is 2.48. The molecular formula is C20H32N2O4. The van der Waals surface area contributed by atoms with Crippen LogP contribution in [0.5, 0.6) is 0 Å². The number of primary amides is 1. The van der Waals surface area contributed by atoms with Gasteiger partial charge in [-0.1, -0.05) is 26.2 Å². The Morgan fingerprint density at radius 2 is 1.73 bits per heavy atom. The monoisotopic (exact) mass is 364 g/mol. The molecule has 2 amide bonds. The lowest BCUT2D eigenvalue weighted by molar-refractivity contribution is -0.144. The van der Waals surface area contributed by atoms with E-state index in [1.165, 1.54) is 0 Å². The number of amides is 2. The second-order valence-electron chi connectivity index (χ2n) is 9.22. The van der Waals surface area contributed by atoms with Gasteiger partial charge in [-0.25, -0.2) is 0 Å². The number of ketones is 1. The summed E-state index contributed by atoms with van der Waals surface area (Å²) < 4.78 is 0. The molecule has 0 aromatic rings. The Morgan fingerprint density at radius 3 is 2.19 bits per heavy atom. The van der Waals surface area contributed by atoms with Crippen molar-refractivity contribution in [2.24, 2.45) is 22.5 Å². The molecule has 0 radical (unpaired) electrons. The average molecular weight is 364 g/mol. The molecule has 0 saturated heterocycles. The molecule has 3 rings (SSSR count). The maximum absolute atomic E-state index is 13.1. The first-order valence-electron chi connectivity index (χ1n) is 10.1. The summed E-state index contributed by atoms with van der Waals surface area (Å²) in [6, 6.07) is -0.524. The lowest BCUT2D eigenvalue weighted by Crippen LogP contribution is -2.52. The minimum Gasteiger partial charge on any atom is -0.383 e. The first-order chi connectivity index (χ1) is 12.2. The van der Waals surface area contributed by atoms with Crippen LogP contribution in [0.25, 0.3) is 0 Å². The van der Waals surface area contributed by atoms with Gasteiger partial charge in [0.05, 0.1) is 6.04 Å². The Balaban J connectivity index is 1.70. The molecule has 6 nitrogen and oxygen atoms in total. The van der Waals surface area contributed by atoms with Crippen LogP contribution in [-0.2, 0) is 14.4 Å². The number of carbonyl (C=O) groups excluding carboxylic acids is 3. The zero-order chi connectivity index (χ0) is 18.9. The minimum atomic E-state index is -1.29. The van der Waals surface area contributed by atoms with E-state index < -0.39 is 23.5 Å². The van der Waals surface area contributed by atoms with Crippen molar-refractivity contribution < 1.29 is 19.5 Å². The van der Waals surface area contributed by atoms with Gasteiger partial charge in [-0.2, -0.15) is 0 Å². The zero-order valence-corrected chi connectivity index (χ0v) is 15.8. The van der Waals surface area contributed by atoms with Crippen molar-refractivity contribution in [2.75, 3.05) is 0 Å². The minimum absolute atomic E-state index is 0.0249. The molecule has 3 aliphatic rings. The van der Waals surface area contributed by atoms with Crippen LogP contribution in [0, 0.1) is 16.7 Å². The summed E-state index contributed by atoms with van der Waals surface area (Å²) in [7, 11) is 0. The van der Waals surface area contributed by atoms with Crippen LogP contribution < -0.4 is 11.1 Å². The van der Waals surface area contributed by atoms with Gasteiger partial charge in [0.25, 0.3) is 0 Å². The average Bonchev–Trinajstić information content (AvgIpc) is 3.32. The van der Waals surface area contributed by atoms with Gasteiger partial charge in [0.2, 0.25) is 11.8 Å².